The normalized spacial score (nSPS) is 15.7. The smallest absolute Gasteiger partial charge is 0.262 e. The maximum Gasteiger partial charge on any atom is 0.262 e. The lowest BCUT2D eigenvalue weighted by Crippen LogP contribution is -2.16. The van der Waals surface area contributed by atoms with Crippen molar-refractivity contribution in [3.63, 3.8) is 0 Å². The number of benzene rings is 1. The van der Waals surface area contributed by atoms with Crippen LogP contribution in [0.1, 0.15) is 19.4 Å². The van der Waals surface area contributed by atoms with E-state index in [1.807, 2.05) is 38.1 Å². The van der Waals surface area contributed by atoms with E-state index in [-0.39, 0.29) is 16.2 Å². The van der Waals surface area contributed by atoms with E-state index in [0.717, 1.165) is 17.0 Å². The van der Waals surface area contributed by atoms with E-state index in [9.17, 15) is 9.90 Å². The largest absolute Gasteiger partial charge is 0.494 e. The van der Waals surface area contributed by atoms with Gasteiger partial charge in [0.1, 0.15) is 5.56 Å². The van der Waals surface area contributed by atoms with Gasteiger partial charge in [0, 0.05) is 11.4 Å². The summed E-state index contributed by atoms with van der Waals surface area (Å²) in [5, 5.41) is 10.6. The van der Waals surface area contributed by atoms with Crippen molar-refractivity contribution < 1.29 is 5.11 Å². The molecule has 2 aromatic rings. The molecule has 23 heavy (non-hydrogen) atoms. The second-order valence-electron chi connectivity index (χ2n) is 5.25. The number of hydrogen-bond donors (Lipinski definition) is 2. The number of para-hydroxylation sites is 1. The van der Waals surface area contributed by atoms with Gasteiger partial charge in [-0.25, -0.2) is 0 Å². The summed E-state index contributed by atoms with van der Waals surface area (Å²) in [7, 11) is 0. The van der Waals surface area contributed by atoms with Crippen LogP contribution in [0.3, 0.4) is 0 Å². The summed E-state index contributed by atoms with van der Waals surface area (Å²) < 4.78 is 1.57. The summed E-state index contributed by atoms with van der Waals surface area (Å²) in [6, 6.07) is 9.14. The third kappa shape index (κ3) is 2.80. The fraction of sp³-hybridized carbons (Fsp3) is 0.118. The van der Waals surface area contributed by atoms with E-state index in [1.54, 1.807) is 18.2 Å². The fourth-order valence-electron chi connectivity index (χ4n) is 2.48. The van der Waals surface area contributed by atoms with Crippen molar-refractivity contribution in [2.45, 2.75) is 13.8 Å². The first-order valence-electron chi connectivity index (χ1n) is 7.07. The van der Waals surface area contributed by atoms with Crippen LogP contribution >= 0.6 is 12.2 Å². The lowest BCUT2D eigenvalue weighted by Gasteiger charge is -2.11. The van der Waals surface area contributed by atoms with Gasteiger partial charge < -0.3 is 5.11 Å². The highest BCUT2D eigenvalue weighted by Crippen LogP contribution is 2.24. The highest BCUT2D eigenvalue weighted by atomic mass is 32.1. The molecule has 0 saturated heterocycles. The summed E-state index contributed by atoms with van der Waals surface area (Å²) in [6.07, 6.45) is 3.49. The summed E-state index contributed by atoms with van der Waals surface area (Å²) >= 11 is 5.18. The van der Waals surface area contributed by atoms with E-state index in [1.165, 1.54) is 4.57 Å². The summed E-state index contributed by atoms with van der Waals surface area (Å²) in [4.78, 5) is 19.1. The molecule has 0 bridgehead atoms. The van der Waals surface area contributed by atoms with Gasteiger partial charge in [0.05, 0.1) is 5.69 Å². The number of aromatic hydroxyl groups is 1. The van der Waals surface area contributed by atoms with Gasteiger partial charge in [-0.3, -0.25) is 19.3 Å². The Morgan fingerprint density at radius 2 is 1.96 bits per heavy atom. The molecule has 1 aliphatic rings. The van der Waals surface area contributed by atoms with Gasteiger partial charge in [0.15, 0.2) is 4.77 Å². The molecule has 0 radical (unpaired) electrons. The Labute approximate surface area is 138 Å². The average Bonchev–Trinajstić information content (AvgIpc) is 2.82. The third-order valence-electron chi connectivity index (χ3n) is 3.56. The van der Waals surface area contributed by atoms with Crippen LogP contribution in [-0.4, -0.2) is 20.4 Å². The van der Waals surface area contributed by atoms with Crippen LogP contribution in [-0.2, 0) is 0 Å². The van der Waals surface area contributed by atoms with Gasteiger partial charge in [-0.2, -0.15) is 0 Å². The molecule has 2 N–H and O–H groups in total. The van der Waals surface area contributed by atoms with Gasteiger partial charge in [-0.1, -0.05) is 18.2 Å². The zero-order valence-corrected chi connectivity index (χ0v) is 13.5. The van der Waals surface area contributed by atoms with Crippen molar-refractivity contribution in [3.05, 3.63) is 68.4 Å². The fourth-order valence-corrected chi connectivity index (χ4v) is 2.76. The molecule has 1 aliphatic heterocycles. The topological polar surface area (TPSA) is 70.4 Å². The molecule has 0 spiro atoms. The molecule has 0 fully saturated rings. The number of allylic oxidation sites excluding steroid dienone is 3. The van der Waals surface area contributed by atoms with Crippen LogP contribution < -0.4 is 5.56 Å². The minimum atomic E-state index is -0.432. The van der Waals surface area contributed by atoms with Gasteiger partial charge in [-0.15, -0.1) is 0 Å². The Hall–Kier alpha value is -2.73. The van der Waals surface area contributed by atoms with Crippen molar-refractivity contribution in [1.29, 1.82) is 0 Å². The zero-order valence-electron chi connectivity index (χ0n) is 12.7. The first-order chi connectivity index (χ1) is 11.0. The van der Waals surface area contributed by atoms with Crippen molar-refractivity contribution in [1.82, 2.24) is 9.55 Å². The Kier molecular flexibility index (Phi) is 3.83. The number of aromatic nitrogens is 2. The Morgan fingerprint density at radius 3 is 2.57 bits per heavy atom. The molecule has 5 nitrogen and oxygen atoms in total. The molecule has 2 heterocycles. The number of hydrogen-bond acceptors (Lipinski definition) is 4. The standard InChI is InChI=1S/C17H15N3O2S/c1-10-8-12(11(2)18-10)9-14-15(21)19-17(23)20(16(14)22)13-6-4-3-5-7-13/h3-9,22H,1-2H3,(H,19,21,23)/b12-9+. The average molecular weight is 325 g/mol. The van der Waals surface area contributed by atoms with Crippen LogP contribution in [0.2, 0.25) is 0 Å². The van der Waals surface area contributed by atoms with Gasteiger partial charge in [-0.05, 0) is 55.9 Å². The highest BCUT2D eigenvalue weighted by Gasteiger charge is 2.15. The predicted molar refractivity (Wildman–Crippen MR) is 93.7 cm³/mol. The molecular formula is C17H15N3O2S. The van der Waals surface area contributed by atoms with Crippen molar-refractivity contribution in [2.24, 2.45) is 4.99 Å². The van der Waals surface area contributed by atoms with E-state index >= 15 is 0 Å². The Bertz CT molecular complexity index is 979. The van der Waals surface area contributed by atoms with Gasteiger partial charge in [0.25, 0.3) is 5.56 Å². The molecule has 0 atom stereocenters. The summed E-state index contributed by atoms with van der Waals surface area (Å²) in [5.74, 6) is -0.191. The highest BCUT2D eigenvalue weighted by molar-refractivity contribution is 7.71. The second-order valence-corrected chi connectivity index (χ2v) is 5.64. The number of rotatable bonds is 2. The van der Waals surface area contributed by atoms with Gasteiger partial charge >= 0.3 is 0 Å². The predicted octanol–water partition coefficient (Wildman–Crippen LogP) is 3.36. The maximum absolute atomic E-state index is 12.2. The zero-order chi connectivity index (χ0) is 16.6. The Balaban J connectivity index is 2.25. The van der Waals surface area contributed by atoms with Crippen molar-refractivity contribution in [2.75, 3.05) is 0 Å². The number of aromatic amines is 1. The molecule has 0 amide bonds. The van der Waals surface area contributed by atoms with Crippen LogP contribution in [0.4, 0.5) is 0 Å². The minimum absolute atomic E-state index is 0.143. The van der Waals surface area contributed by atoms with Crippen molar-refractivity contribution >= 4 is 24.0 Å². The van der Waals surface area contributed by atoms with E-state index < -0.39 is 5.56 Å². The molecule has 0 unspecified atom stereocenters. The molecular weight excluding hydrogens is 310 g/mol. The molecule has 3 rings (SSSR count). The summed E-state index contributed by atoms with van der Waals surface area (Å²) in [5.41, 5.74) is 2.85. The molecule has 1 aromatic carbocycles. The minimum Gasteiger partial charge on any atom is -0.494 e. The second kappa shape index (κ2) is 5.81. The van der Waals surface area contributed by atoms with Crippen LogP contribution in [0.5, 0.6) is 5.88 Å². The number of aliphatic imine (C=N–C) groups is 1. The van der Waals surface area contributed by atoms with E-state index in [2.05, 4.69) is 9.98 Å². The molecule has 6 heteroatoms. The molecule has 1 aromatic heterocycles. The van der Waals surface area contributed by atoms with Crippen molar-refractivity contribution in [3.8, 4) is 11.6 Å². The van der Waals surface area contributed by atoms with Crippen LogP contribution in [0.15, 0.2) is 57.5 Å². The molecule has 0 aliphatic carbocycles. The number of nitrogens with zero attached hydrogens (tertiary/aromatic N) is 2. The molecule has 0 saturated carbocycles. The van der Waals surface area contributed by atoms with E-state index in [0.29, 0.717) is 5.69 Å². The van der Waals surface area contributed by atoms with Crippen LogP contribution in [0, 0.1) is 4.77 Å². The first kappa shape index (κ1) is 15.2. The third-order valence-corrected chi connectivity index (χ3v) is 3.85. The maximum atomic E-state index is 12.2. The Morgan fingerprint density at radius 1 is 1.26 bits per heavy atom. The first-order valence-corrected chi connectivity index (χ1v) is 7.47. The van der Waals surface area contributed by atoms with E-state index in [4.69, 9.17) is 12.2 Å². The number of nitrogens with one attached hydrogen (secondary N) is 1. The van der Waals surface area contributed by atoms with Gasteiger partial charge in [0.2, 0.25) is 5.88 Å². The quantitative estimate of drug-likeness (QED) is 0.832. The molecule has 116 valence electrons. The monoisotopic (exact) mass is 325 g/mol. The lowest BCUT2D eigenvalue weighted by atomic mass is 10.1. The number of H-pyrrole nitrogens is 1. The SMILES string of the molecule is CC1=C/C(=C\c2c(O)n(-c3ccccc3)c(=S)[nH]c2=O)C(C)=N1. The van der Waals surface area contributed by atoms with Crippen LogP contribution in [0.25, 0.3) is 11.8 Å². The lowest BCUT2D eigenvalue weighted by molar-refractivity contribution is 0.432. The summed E-state index contributed by atoms with van der Waals surface area (Å²) in [6.45, 7) is 3.74.